The Labute approximate surface area is 57.1 Å². The van der Waals surface area contributed by atoms with Gasteiger partial charge in [0.15, 0.2) is 0 Å². The molecule has 62 valence electrons. The average Bonchev–Trinajstić information content (AvgIpc) is 1.59. The second kappa shape index (κ2) is 3.78. The molecule has 0 bridgehead atoms. The van der Waals surface area contributed by atoms with Gasteiger partial charge in [-0.2, -0.15) is 0 Å². The van der Waals surface area contributed by atoms with Crippen molar-refractivity contribution < 1.29 is 17.9 Å². The van der Waals surface area contributed by atoms with Gasteiger partial charge in [0.1, 0.15) is 6.23 Å². The summed E-state index contributed by atoms with van der Waals surface area (Å²) in [6.07, 6.45) is -5.02. The first-order chi connectivity index (χ1) is 4.45. The molecule has 0 aliphatic rings. The van der Waals surface area contributed by atoms with Crippen LogP contribution >= 0.6 is 0 Å². The molecule has 0 aromatic heterocycles. The molecule has 0 rings (SSSR count). The Morgan fingerprint density at radius 3 is 2.30 bits per heavy atom. The summed E-state index contributed by atoms with van der Waals surface area (Å²) in [6, 6.07) is 0. The second-order valence-corrected chi connectivity index (χ2v) is 1.89. The Morgan fingerprint density at radius 1 is 1.50 bits per heavy atom. The van der Waals surface area contributed by atoms with E-state index in [0.29, 0.717) is 6.42 Å². The molecule has 1 unspecified atom stereocenters. The SMILES string of the molecule is CCCC(N)OC(F)(F)F. The van der Waals surface area contributed by atoms with Crippen LogP contribution < -0.4 is 5.73 Å². The first kappa shape index (κ1) is 9.71. The van der Waals surface area contributed by atoms with Gasteiger partial charge < -0.3 is 5.73 Å². The molecule has 0 saturated carbocycles. The van der Waals surface area contributed by atoms with Gasteiger partial charge in [0.05, 0.1) is 0 Å². The maximum atomic E-state index is 11.3. The molecule has 0 spiro atoms. The summed E-state index contributed by atoms with van der Waals surface area (Å²) in [6.45, 7) is 1.74. The lowest BCUT2D eigenvalue weighted by Gasteiger charge is -2.13. The number of hydrogen-bond acceptors (Lipinski definition) is 2. The van der Waals surface area contributed by atoms with Crippen molar-refractivity contribution in [2.75, 3.05) is 0 Å². The van der Waals surface area contributed by atoms with Crippen molar-refractivity contribution in [1.82, 2.24) is 0 Å². The minimum Gasteiger partial charge on any atom is -0.306 e. The van der Waals surface area contributed by atoms with Crippen molar-refractivity contribution in [2.45, 2.75) is 32.4 Å². The predicted octanol–water partition coefficient (Wildman–Crippen LogP) is 1.61. The first-order valence-electron chi connectivity index (χ1n) is 2.96. The lowest BCUT2D eigenvalue weighted by Crippen LogP contribution is -2.30. The van der Waals surface area contributed by atoms with Crippen LogP contribution in [-0.4, -0.2) is 12.6 Å². The van der Waals surface area contributed by atoms with Gasteiger partial charge in [-0.1, -0.05) is 13.3 Å². The molecule has 0 aliphatic carbocycles. The van der Waals surface area contributed by atoms with E-state index >= 15 is 0 Å². The maximum Gasteiger partial charge on any atom is 0.524 e. The summed E-state index contributed by atoms with van der Waals surface area (Å²) >= 11 is 0. The number of halogens is 3. The molecule has 2 nitrogen and oxygen atoms in total. The van der Waals surface area contributed by atoms with Gasteiger partial charge in [0, 0.05) is 0 Å². The number of hydrogen-bond donors (Lipinski definition) is 1. The van der Waals surface area contributed by atoms with Crippen molar-refractivity contribution >= 4 is 0 Å². The van der Waals surface area contributed by atoms with E-state index in [1.54, 1.807) is 6.92 Å². The van der Waals surface area contributed by atoms with Gasteiger partial charge in [0.2, 0.25) is 0 Å². The fourth-order valence-corrected chi connectivity index (χ4v) is 0.515. The highest BCUT2D eigenvalue weighted by Crippen LogP contribution is 2.18. The van der Waals surface area contributed by atoms with Gasteiger partial charge in [-0.05, 0) is 6.42 Å². The normalized spacial score (nSPS) is 15.3. The topological polar surface area (TPSA) is 35.2 Å². The lowest BCUT2D eigenvalue weighted by molar-refractivity contribution is -0.342. The summed E-state index contributed by atoms with van der Waals surface area (Å²) < 4.78 is 37.4. The molecule has 0 aromatic rings. The van der Waals surface area contributed by atoms with Gasteiger partial charge in [-0.25, -0.2) is 0 Å². The monoisotopic (exact) mass is 157 g/mol. The van der Waals surface area contributed by atoms with E-state index in [-0.39, 0.29) is 6.42 Å². The van der Waals surface area contributed by atoms with Gasteiger partial charge in [-0.15, -0.1) is 13.2 Å². The molecule has 2 N–H and O–H groups in total. The van der Waals surface area contributed by atoms with Crippen LogP contribution in [0.25, 0.3) is 0 Å². The minimum absolute atomic E-state index is 0.222. The third kappa shape index (κ3) is 5.84. The highest BCUT2D eigenvalue weighted by molar-refractivity contribution is 4.46. The number of nitrogens with two attached hydrogens (primary N) is 1. The van der Waals surface area contributed by atoms with E-state index in [1.165, 1.54) is 0 Å². The molecule has 0 amide bonds. The van der Waals surface area contributed by atoms with Crippen molar-refractivity contribution in [2.24, 2.45) is 5.73 Å². The fourth-order valence-electron chi connectivity index (χ4n) is 0.515. The van der Waals surface area contributed by atoms with Gasteiger partial charge >= 0.3 is 6.36 Å². The molecule has 0 aliphatic heterocycles. The predicted molar refractivity (Wildman–Crippen MR) is 30.0 cm³/mol. The third-order valence-electron chi connectivity index (χ3n) is 0.858. The molecule has 0 saturated heterocycles. The van der Waals surface area contributed by atoms with E-state index in [4.69, 9.17) is 5.73 Å². The minimum atomic E-state index is -4.60. The van der Waals surface area contributed by atoms with Gasteiger partial charge in [-0.3, -0.25) is 4.74 Å². The molecule has 0 aromatic carbocycles. The van der Waals surface area contributed by atoms with Crippen molar-refractivity contribution in [3.63, 3.8) is 0 Å². The van der Waals surface area contributed by atoms with Crippen molar-refractivity contribution in [3.8, 4) is 0 Å². The Morgan fingerprint density at radius 2 is 2.00 bits per heavy atom. The van der Waals surface area contributed by atoms with Crippen LogP contribution in [0.4, 0.5) is 13.2 Å². The molecule has 0 fully saturated rings. The molecule has 0 radical (unpaired) electrons. The Kier molecular flexibility index (Phi) is 3.67. The number of alkyl halides is 3. The van der Waals surface area contributed by atoms with Crippen LogP contribution in [0.1, 0.15) is 19.8 Å². The number of ether oxygens (including phenoxy) is 1. The molecule has 5 heteroatoms. The Balaban J connectivity index is 3.47. The van der Waals surface area contributed by atoms with Crippen LogP contribution in [0.2, 0.25) is 0 Å². The Bertz CT molecular complexity index is 93.4. The van der Waals surface area contributed by atoms with E-state index in [1.807, 2.05) is 0 Å². The summed E-state index contributed by atoms with van der Waals surface area (Å²) in [5.41, 5.74) is 4.93. The smallest absolute Gasteiger partial charge is 0.306 e. The van der Waals surface area contributed by atoms with Crippen LogP contribution in [0.3, 0.4) is 0 Å². The largest absolute Gasteiger partial charge is 0.524 e. The quantitative estimate of drug-likeness (QED) is 0.631. The second-order valence-electron chi connectivity index (χ2n) is 1.89. The zero-order valence-electron chi connectivity index (χ0n) is 5.61. The van der Waals surface area contributed by atoms with E-state index < -0.39 is 12.6 Å². The lowest BCUT2D eigenvalue weighted by atomic mass is 10.3. The maximum absolute atomic E-state index is 11.3. The average molecular weight is 157 g/mol. The Hall–Kier alpha value is -0.290. The third-order valence-corrected chi connectivity index (χ3v) is 0.858. The van der Waals surface area contributed by atoms with E-state index in [0.717, 1.165) is 0 Å². The molecule has 10 heavy (non-hydrogen) atoms. The van der Waals surface area contributed by atoms with Crippen LogP contribution in [0, 0.1) is 0 Å². The molecule has 1 atom stereocenters. The molecule has 0 heterocycles. The standard InChI is InChI=1S/C5H10F3NO/c1-2-3-4(9)10-5(6,7)8/h4H,2-3,9H2,1H3. The van der Waals surface area contributed by atoms with E-state index in [2.05, 4.69) is 4.74 Å². The van der Waals surface area contributed by atoms with E-state index in [9.17, 15) is 13.2 Å². The number of rotatable bonds is 3. The molecular weight excluding hydrogens is 147 g/mol. The van der Waals surface area contributed by atoms with Crippen molar-refractivity contribution in [3.05, 3.63) is 0 Å². The first-order valence-corrected chi connectivity index (χ1v) is 2.96. The van der Waals surface area contributed by atoms with Crippen LogP contribution in [0.15, 0.2) is 0 Å². The summed E-state index contributed by atoms with van der Waals surface area (Å²) in [7, 11) is 0. The molecular formula is C5H10F3NO. The summed E-state index contributed by atoms with van der Waals surface area (Å²) in [5.74, 6) is 0. The summed E-state index contributed by atoms with van der Waals surface area (Å²) in [5, 5.41) is 0. The highest BCUT2D eigenvalue weighted by Gasteiger charge is 2.31. The van der Waals surface area contributed by atoms with Crippen molar-refractivity contribution in [1.29, 1.82) is 0 Å². The van der Waals surface area contributed by atoms with Crippen LogP contribution in [0.5, 0.6) is 0 Å². The fraction of sp³-hybridized carbons (Fsp3) is 1.00. The van der Waals surface area contributed by atoms with Crippen LogP contribution in [-0.2, 0) is 4.74 Å². The van der Waals surface area contributed by atoms with Gasteiger partial charge in [0.25, 0.3) is 0 Å². The highest BCUT2D eigenvalue weighted by atomic mass is 19.4. The zero-order chi connectivity index (χ0) is 8.20. The summed E-state index contributed by atoms with van der Waals surface area (Å²) in [4.78, 5) is 0. The zero-order valence-corrected chi connectivity index (χ0v) is 5.61.